The molecule has 0 spiro atoms. The van der Waals surface area contributed by atoms with Crippen LogP contribution in [0.5, 0.6) is 5.75 Å². The van der Waals surface area contributed by atoms with E-state index in [1.807, 2.05) is 30.3 Å². The van der Waals surface area contributed by atoms with Crippen molar-refractivity contribution in [2.45, 2.75) is 6.92 Å². The third-order valence-electron chi connectivity index (χ3n) is 2.44. The summed E-state index contributed by atoms with van der Waals surface area (Å²) in [7, 11) is 0. The van der Waals surface area contributed by atoms with E-state index < -0.39 is 0 Å². The molecule has 0 heterocycles. The number of hydrogen-bond donors (Lipinski definition) is 2. The van der Waals surface area contributed by atoms with E-state index in [-0.39, 0.29) is 5.75 Å². The molecule has 0 aliphatic carbocycles. The van der Waals surface area contributed by atoms with Gasteiger partial charge in [-0.2, -0.15) is 0 Å². The molecule has 3 nitrogen and oxygen atoms in total. The minimum absolute atomic E-state index is 0.156. The highest BCUT2D eigenvalue weighted by Crippen LogP contribution is 2.28. The predicted molar refractivity (Wildman–Crippen MR) is 59.6 cm³/mol. The minimum atomic E-state index is 0.156. The van der Waals surface area contributed by atoms with Gasteiger partial charge in [0.2, 0.25) is 0 Å². The van der Waals surface area contributed by atoms with E-state index in [1.54, 1.807) is 13.0 Å². The summed E-state index contributed by atoms with van der Waals surface area (Å²) < 4.78 is 0. The second-order valence-electron chi connectivity index (χ2n) is 3.37. The average Bonchev–Trinajstić information content (AvgIpc) is 2.29. The fraction of sp³-hybridized carbons (Fsp3) is 0.0833. The van der Waals surface area contributed by atoms with Crippen LogP contribution in [0.1, 0.15) is 12.5 Å². The molecule has 3 heteroatoms. The van der Waals surface area contributed by atoms with Crippen molar-refractivity contribution in [3.8, 4) is 5.75 Å². The Balaban J connectivity index is 2.76. The molecule has 0 bridgehead atoms. The maximum atomic E-state index is 9.96. The van der Waals surface area contributed by atoms with E-state index in [1.165, 1.54) is 0 Å². The molecule has 0 radical (unpaired) electrons. The number of nitrogens with zero attached hydrogens (tertiary/aromatic N) is 1. The van der Waals surface area contributed by atoms with Crippen molar-refractivity contribution in [1.29, 1.82) is 0 Å². The molecule has 2 aromatic rings. The molecule has 0 unspecified atom stereocenters. The summed E-state index contributed by atoms with van der Waals surface area (Å²) in [4.78, 5) is 0. The van der Waals surface area contributed by atoms with Crippen LogP contribution >= 0.6 is 0 Å². The third kappa shape index (κ3) is 1.52. The van der Waals surface area contributed by atoms with Gasteiger partial charge in [0.25, 0.3) is 0 Å². The minimum Gasteiger partial charge on any atom is -0.507 e. The maximum Gasteiger partial charge on any atom is 0.132 e. The molecule has 76 valence electrons. The number of aromatic hydroxyl groups is 1. The zero-order chi connectivity index (χ0) is 10.8. The van der Waals surface area contributed by atoms with Crippen LogP contribution in [-0.4, -0.2) is 16.0 Å². The Morgan fingerprint density at radius 1 is 1.13 bits per heavy atom. The average molecular weight is 201 g/mol. The monoisotopic (exact) mass is 201 g/mol. The van der Waals surface area contributed by atoms with Crippen LogP contribution in [0.2, 0.25) is 0 Å². The Hall–Kier alpha value is -2.03. The maximum absolute atomic E-state index is 9.96. The van der Waals surface area contributed by atoms with Crippen LogP contribution in [0.3, 0.4) is 0 Å². The van der Waals surface area contributed by atoms with Gasteiger partial charge in [-0.15, -0.1) is 0 Å². The molecule has 0 aliphatic rings. The molecule has 0 amide bonds. The van der Waals surface area contributed by atoms with Crippen molar-refractivity contribution in [1.82, 2.24) is 0 Å². The first kappa shape index (κ1) is 9.52. The lowest BCUT2D eigenvalue weighted by Gasteiger charge is -2.06. The van der Waals surface area contributed by atoms with E-state index in [2.05, 4.69) is 5.16 Å². The van der Waals surface area contributed by atoms with Gasteiger partial charge in [-0.05, 0) is 18.4 Å². The standard InChI is InChI=1S/C12H11NO2/c1-8(13-15)10-7-6-9-4-2-3-5-11(9)12(10)14/h2-7,14-15H,1H3/b13-8+. The van der Waals surface area contributed by atoms with Gasteiger partial charge in [-0.25, -0.2) is 0 Å². The van der Waals surface area contributed by atoms with Gasteiger partial charge in [-0.3, -0.25) is 0 Å². The van der Waals surface area contributed by atoms with Crippen molar-refractivity contribution in [3.05, 3.63) is 42.0 Å². The van der Waals surface area contributed by atoms with Crippen LogP contribution in [-0.2, 0) is 0 Å². The Morgan fingerprint density at radius 3 is 2.60 bits per heavy atom. The summed E-state index contributed by atoms with van der Waals surface area (Å²) in [5.74, 6) is 0.156. The van der Waals surface area contributed by atoms with E-state index in [9.17, 15) is 5.11 Å². The largest absolute Gasteiger partial charge is 0.507 e. The molecule has 0 aliphatic heterocycles. The van der Waals surface area contributed by atoms with E-state index in [0.717, 1.165) is 10.8 Å². The van der Waals surface area contributed by atoms with Gasteiger partial charge in [-0.1, -0.05) is 35.5 Å². The highest BCUT2D eigenvalue weighted by molar-refractivity contribution is 6.05. The van der Waals surface area contributed by atoms with Gasteiger partial charge < -0.3 is 10.3 Å². The first-order chi connectivity index (χ1) is 7.24. The van der Waals surface area contributed by atoms with Gasteiger partial charge in [0.05, 0.1) is 5.71 Å². The first-order valence-electron chi connectivity index (χ1n) is 4.64. The molecular formula is C12H11NO2. The van der Waals surface area contributed by atoms with Crippen LogP contribution in [0.4, 0.5) is 0 Å². The van der Waals surface area contributed by atoms with Gasteiger partial charge in [0.1, 0.15) is 5.75 Å². The predicted octanol–water partition coefficient (Wildman–Crippen LogP) is 2.74. The molecule has 0 aromatic heterocycles. The summed E-state index contributed by atoms with van der Waals surface area (Å²) in [6.45, 7) is 1.64. The molecule has 2 aromatic carbocycles. The highest BCUT2D eigenvalue weighted by atomic mass is 16.4. The SMILES string of the molecule is C/C(=N\O)c1ccc2ccccc2c1O. The van der Waals surface area contributed by atoms with E-state index in [4.69, 9.17) is 5.21 Å². The molecule has 0 saturated carbocycles. The zero-order valence-electron chi connectivity index (χ0n) is 8.31. The molecule has 0 fully saturated rings. The molecule has 0 atom stereocenters. The van der Waals surface area contributed by atoms with E-state index in [0.29, 0.717) is 11.3 Å². The highest BCUT2D eigenvalue weighted by Gasteiger charge is 2.08. The number of phenolic OH excluding ortho intramolecular Hbond substituents is 1. The topological polar surface area (TPSA) is 52.8 Å². The fourth-order valence-electron chi connectivity index (χ4n) is 1.60. The third-order valence-corrected chi connectivity index (χ3v) is 2.44. The summed E-state index contributed by atoms with van der Waals surface area (Å²) in [5.41, 5.74) is 0.953. The van der Waals surface area contributed by atoms with Crippen LogP contribution in [0.25, 0.3) is 10.8 Å². The summed E-state index contributed by atoms with van der Waals surface area (Å²) >= 11 is 0. The smallest absolute Gasteiger partial charge is 0.132 e. The first-order valence-corrected chi connectivity index (χ1v) is 4.64. The van der Waals surface area contributed by atoms with Crippen LogP contribution in [0, 0.1) is 0 Å². The van der Waals surface area contributed by atoms with Crippen molar-refractivity contribution in [2.24, 2.45) is 5.16 Å². The van der Waals surface area contributed by atoms with Crippen LogP contribution < -0.4 is 0 Å². The van der Waals surface area contributed by atoms with E-state index >= 15 is 0 Å². The molecule has 15 heavy (non-hydrogen) atoms. The lowest BCUT2D eigenvalue weighted by atomic mass is 10.0. The number of benzene rings is 2. The van der Waals surface area contributed by atoms with Gasteiger partial charge in [0.15, 0.2) is 0 Å². The number of oxime groups is 1. The fourth-order valence-corrected chi connectivity index (χ4v) is 1.60. The van der Waals surface area contributed by atoms with Crippen molar-refractivity contribution >= 4 is 16.5 Å². The van der Waals surface area contributed by atoms with Gasteiger partial charge in [0, 0.05) is 10.9 Å². The molecule has 2 rings (SSSR count). The number of hydrogen-bond acceptors (Lipinski definition) is 3. The zero-order valence-corrected chi connectivity index (χ0v) is 8.31. The Labute approximate surface area is 87.3 Å². The van der Waals surface area contributed by atoms with Crippen molar-refractivity contribution < 1.29 is 10.3 Å². The summed E-state index contributed by atoms with van der Waals surface area (Å²) in [6, 6.07) is 11.2. The number of fused-ring (bicyclic) bond motifs is 1. The number of phenols is 1. The normalized spacial score (nSPS) is 11.9. The van der Waals surface area contributed by atoms with Crippen LogP contribution in [0.15, 0.2) is 41.6 Å². The quantitative estimate of drug-likeness (QED) is 0.423. The second-order valence-corrected chi connectivity index (χ2v) is 3.37. The molecule has 2 N–H and O–H groups in total. The Bertz CT molecular complexity index is 532. The lowest BCUT2D eigenvalue weighted by Crippen LogP contribution is -1.95. The Morgan fingerprint density at radius 2 is 1.87 bits per heavy atom. The molecular weight excluding hydrogens is 190 g/mol. The lowest BCUT2D eigenvalue weighted by molar-refractivity contribution is 0.319. The number of rotatable bonds is 1. The summed E-state index contributed by atoms with van der Waals surface area (Å²) in [5, 5.41) is 23.4. The van der Waals surface area contributed by atoms with Crippen molar-refractivity contribution in [2.75, 3.05) is 0 Å². The van der Waals surface area contributed by atoms with Gasteiger partial charge >= 0.3 is 0 Å². The second kappa shape index (κ2) is 3.61. The Kier molecular flexibility index (Phi) is 2.29. The van der Waals surface area contributed by atoms with Crippen molar-refractivity contribution in [3.63, 3.8) is 0 Å². The molecule has 0 saturated heterocycles. The summed E-state index contributed by atoms with van der Waals surface area (Å²) in [6.07, 6.45) is 0.